The van der Waals surface area contributed by atoms with E-state index in [-0.39, 0.29) is 24.0 Å². The molecule has 3 rings (SSSR count). The first kappa shape index (κ1) is 19.1. The maximum atomic E-state index is 12.8. The van der Waals surface area contributed by atoms with Gasteiger partial charge in [0.05, 0.1) is 26.7 Å². The predicted molar refractivity (Wildman–Crippen MR) is 97.6 cm³/mol. The van der Waals surface area contributed by atoms with Crippen LogP contribution in [0, 0.1) is 11.3 Å². The number of ketones is 1. The summed E-state index contributed by atoms with van der Waals surface area (Å²) in [5, 5.41) is 0. The van der Waals surface area contributed by atoms with Gasteiger partial charge in [0.1, 0.15) is 5.75 Å². The summed E-state index contributed by atoms with van der Waals surface area (Å²) in [7, 11) is 4.20. The Morgan fingerprint density at radius 1 is 1.15 bits per heavy atom. The summed E-state index contributed by atoms with van der Waals surface area (Å²) in [5.41, 5.74) is 1.27. The van der Waals surface area contributed by atoms with Crippen molar-refractivity contribution in [2.24, 2.45) is 11.3 Å². The quantitative estimate of drug-likeness (QED) is 0.599. The fraction of sp³-hybridized carbons (Fsp3) is 0.476. The van der Waals surface area contributed by atoms with Crippen LogP contribution < -0.4 is 4.74 Å². The predicted octanol–water partition coefficient (Wildman–Crippen LogP) is 3.05. The number of esters is 2. The highest BCUT2D eigenvalue weighted by Gasteiger charge is 2.50. The van der Waals surface area contributed by atoms with Crippen LogP contribution in [0.2, 0.25) is 0 Å². The average Bonchev–Trinajstić information content (AvgIpc) is 2.69. The molecule has 2 aliphatic carbocycles. The topological polar surface area (TPSA) is 78.9 Å². The second kappa shape index (κ2) is 7.18. The Kier molecular flexibility index (Phi) is 5.09. The minimum atomic E-state index is -0.950. The number of rotatable bonds is 3. The van der Waals surface area contributed by atoms with Gasteiger partial charge < -0.3 is 14.2 Å². The van der Waals surface area contributed by atoms with Gasteiger partial charge in [0.2, 0.25) is 0 Å². The van der Waals surface area contributed by atoms with Gasteiger partial charge in [0.15, 0.2) is 5.78 Å². The Hall–Kier alpha value is -2.63. The number of benzene rings is 1. The van der Waals surface area contributed by atoms with Crippen molar-refractivity contribution in [2.45, 2.75) is 32.1 Å². The lowest BCUT2D eigenvalue weighted by Gasteiger charge is -2.45. The van der Waals surface area contributed by atoms with E-state index in [9.17, 15) is 14.4 Å². The van der Waals surface area contributed by atoms with Crippen LogP contribution in [0.1, 0.15) is 48.0 Å². The van der Waals surface area contributed by atoms with Crippen LogP contribution in [0.3, 0.4) is 0 Å². The van der Waals surface area contributed by atoms with Gasteiger partial charge in [0, 0.05) is 18.1 Å². The van der Waals surface area contributed by atoms with Crippen LogP contribution in [0.15, 0.2) is 29.8 Å². The maximum Gasteiger partial charge on any atom is 0.330 e. The number of carbonyl (C=O) groups excluding carboxylic acids is 3. The Labute approximate surface area is 158 Å². The van der Waals surface area contributed by atoms with Gasteiger partial charge in [-0.2, -0.15) is 0 Å². The van der Waals surface area contributed by atoms with E-state index in [0.717, 1.165) is 12.0 Å². The fourth-order valence-electron chi connectivity index (χ4n) is 4.47. The van der Waals surface area contributed by atoms with Gasteiger partial charge in [0.25, 0.3) is 0 Å². The van der Waals surface area contributed by atoms with E-state index >= 15 is 0 Å². The van der Waals surface area contributed by atoms with Crippen molar-refractivity contribution in [1.29, 1.82) is 0 Å². The lowest BCUT2D eigenvalue weighted by atomic mass is 9.57. The molecule has 144 valence electrons. The van der Waals surface area contributed by atoms with E-state index in [1.54, 1.807) is 20.1 Å². The van der Waals surface area contributed by atoms with Crippen LogP contribution in [0.5, 0.6) is 5.75 Å². The standard InChI is InChI=1S/C21H24O6/c1-21(20(24)27-4)8-7-14-13-6-5-12(25-2)9-16(13)18(22)10-15(14)17(21)11-19(23)26-3/h5-6,9,11,14-15H,7-8,10H2,1-4H3/b17-11+/t14-,15+,21-/m0/s1. The lowest BCUT2D eigenvalue weighted by Crippen LogP contribution is -2.43. The first-order valence-corrected chi connectivity index (χ1v) is 8.95. The number of fused-ring (bicyclic) bond motifs is 3. The monoisotopic (exact) mass is 372 g/mol. The van der Waals surface area contributed by atoms with E-state index in [0.29, 0.717) is 23.3 Å². The van der Waals surface area contributed by atoms with Gasteiger partial charge in [-0.05, 0) is 54.9 Å². The van der Waals surface area contributed by atoms with Crippen molar-refractivity contribution in [3.05, 3.63) is 41.0 Å². The Morgan fingerprint density at radius 3 is 2.52 bits per heavy atom. The first-order valence-electron chi connectivity index (χ1n) is 8.95. The van der Waals surface area contributed by atoms with E-state index in [2.05, 4.69) is 0 Å². The third-order valence-corrected chi connectivity index (χ3v) is 5.95. The molecule has 6 nitrogen and oxygen atoms in total. The maximum absolute atomic E-state index is 12.8. The van der Waals surface area contributed by atoms with Crippen LogP contribution in [0.4, 0.5) is 0 Å². The largest absolute Gasteiger partial charge is 0.497 e. The van der Waals surface area contributed by atoms with Crippen molar-refractivity contribution in [2.75, 3.05) is 21.3 Å². The summed E-state index contributed by atoms with van der Waals surface area (Å²) >= 11 is 0. The van der Waals surface area contributed by atoms with E-state index in [1.165, 1.54) is 20.3 Å². The molecule has 27 heavy (non-hydrogen) atoms. The number of carbonyl (C=O) groups is 3. The molecule has 1 saturated carbocycles. The molecule has 0 aromatic heterocycles. The zero-order chi connectivity index (χ0) is 19.8. The van der Waals surface area contributed by atoms with Gasteiger partial charge in [-0.3, -0.25) is 9.59 Å². The normalized spacial score (nSPS) is 28.1. The number of Topliss-reactive ketones (excluding diaryl/α,β-unsaturated/α-hetero) is 1. The lowest BCUT2D eigenvalue weighted by molar-refractivity contribution is -0.151. The number of hydrogen-bond acceptors (Lipinski definition) is 6. The molecule has 0 radical (unpaired) electrons. The minimum Gasteiger partial charge on any atom is -0.497 e. The highest BCUT2D eigenvalue weighted by molar-refractivity contribution is 6.00. The Bertz CT molecular complexity index is 824. The molecule has 0 amide bonds. The van der Waals surface area contributed by atoms with Gasteiger partial charge in [-0.15, -0.1) is 0 Å². The molecular weight excluding hydrogens is 348 g/mol. The van der Waals surface area contributed by atoms with Crippen LogP contribution in [-0.4, -0.2) is 39.1 Å². The van der Waals surface area contributed by atoms with Gasteiger partial charge in [-0.25, -0.2) is 4.79 Å². The van der Waals surface area contributed by atoms with E-state index < -0.39 is 17.4 Å². The third kappa shape index (κ3) is 3.13. The molecule has 0 bridgehead atoms. The smallest absolute Gasteiger partial charge is 0.330 e. The summed E-state index contributed by atoms with van der Waals surface area (Å²) in [6.07, 6.45) is 2.86. The highest BCUT2D eigenvalue weighted by atomic mass is 16.5. The fourth-order valence-corrected chi connectivity index (χ4v) is 4.47. The molecule has 0 N–H and O–H groups in total. The highest BCUT2D eigenvalue weighted by Crippen LogP contribution is 2.55. The number of methoxy groups -OCH3 is 3. The van der Waals surface area contributed by atoms with Crippen LogP contribution in [0.25, 0.3) is 0 Å². The average molecular weight is 372 g/mol. The Morgan fingerprint density at radius 2 is 1.89 bits per heavy atom. The van der Waals surface area contributed by atoms with Crippen molar-refractivity contribution in [3.63, 3.8) is 0 Å². The molecular formula is C21H24O6. The van der Waals surface area contributed by atoms with Crippen molar-refractivity contribution in [3.8, 4) is 5.75 Å². The second-order valence-corrected chi connectivity index (χ2v) is 7.28. The molecule has 0 unspecified atom stereocenters. The van der Waals surface area contributed by atoms with Crippen molar-refractivity contribution in [1.82, 2.24) is 0 Å². The molecule has 2 aliphatic rings. The molecule has 1 aromatic carbocycles. The van der Waals surface area contributed by atoms with Crippen LogP contribution >= 0.6 is 0 Å². The molecule has 1 aromatic rings. The summed E-state index contributed by atoms with van der Waals surface area (Å²) in [4.78, 5) is 37.4. The van der Waals surface area contributed by atoms with E-state index in [1.807, 2.05) is 12.1 Å². The summed E-state index contributed by atoms with van der Waals surface area (Å²) in [6, 6.07) is 5.53. The molecule has 0 spiro atoms. The SMILES string of the molecule is COC(=O)/C=C1\[C@@H]2CC(=O)c3cc(OC)ccc3[C@@H]2CC[C@]1(C)C(=O)OC. The first-order chi connectivity index (χ1) is 12.8. The van der Waals surface area contributed by atoms with Gasteiger partial charge >= 0.3 is 11.9 Å². The van der Waals surface area contributed by atoms with Crippen LogP contribution in [-0.2, 0) is 19.1 Å². The Balaban J connectivity index is 2.11. The zero-order valence-corrected chi connectivity index (χ0v) is 16.0. The number of hydrogen-bond donors (Lipinski definition) is 0. The molecule has 0 saturated heterocycles. The second-order valence-electron chi connectivity index (χ2n) is 7.28. The minimum absolute atomic E-state index is 0.0185. The molecule has 0 heterocycles. The third-order valence-electron chi connectivity index (χ3n) is 5.95. The molecule has 3 atom stereocenters. The summed E-state index contributed by atoms with van der Waals surface area (Å²) < 4.78 is 15.1. The number of ether oxygens (including phenoxy) is 3. The molecule has 6 heteroatoms. The molecule has 1 fully saturated rings. The zero-order valence-electron chi connectivity index (χ0n) is 16.0. The summed E-state index contributed by atoms with van der Waals surface area (Å²) in [5.74, 6) is -0.499. The van der Waals surface area contributed by atoms with Gasteiger partial charge in [-0.1, -0.05) is 6.07 Å². The van der Waals surface area contributed by atoms with Crippen molar-refractivity contribution < 1.29 is 28.6 Å². The summed E-state index contributed by atoms with van der Waals surface area (Å²) in [6.45, 7) is 1.78. The molecule has 0 aliphatic heterocycles. The van der Waals surface area contributed by atoms with E-state index in [4.69, 9.17) is 14.2 Å². The van der Waals surface area contributed by atoms with Crippen molar-refractivity contribution >= 4 is 17.7 Å².